The van der Waals surface area contributed by atoms with E-state index >= 15 is 0 Å². The first-order valence-electron chi connectivity index (χ1n) is 6.97. The molecule has 0 heterocycles. The molecular weight excluding hydrogens is 286 g/mol. The van der Waals surface area contributed by atoms with Crippen molar-refractivity contribution >= 4 is 11.6 Å². The van der Waals surface area contributed by atoms with Crippen molar-refractivity contribution in [3.8, 4) is 11.5 Å². The van der Waals surface area contributed by atoms with Gasteiger partial charge >= 0.3 is 0 Å². The molecule has 0 atom stereocenters. The maximum absolute atomic E-state index is 9.27. The van der Waals surface area contributed by atoms with E-state index in [1.165, 1.54) is 0 Å². The monoisotopic (exact) mass is 305 g/mol. The summed E-state index contributed by atoms with van der Waals surface area (Å²) in [6.45, 7) is 5.36. The molecule has 0 bridgehead atoms. The third-order valence-corrected chi connectivity index (χ3v) is 3.29. The molecule has 2 aromatic rings. The summed E-state index contributed by atoms with van der Waals surface area (Å²) in [5.74, 6) is 1.08. The summed E-state index contributed by atoms with van der Waals surface area (Å²) >= 11 is 6.06. The number of nitrogens with one attached hydrogen (secondary N) is 1. The van der Waals surface area contributed by atoms with Crippen molar-refractivity contribution in [1.29, 1.82) is 0 Å². The van der Waals surface area contributed by atoms with E-state index in [0.717, 1.165) is 16.9 Å². The standard InChI is InChI=1S/C17H20ClNO2/c1-12(2)19-10-14-9-15(18)5-8-17(14)21-11-13-3-6-16(20)7-4-13/h3-9,12,19-20H,10-11H2,1-2H3. The summed E-state index contributed by atoms with van der Waals surface area (Å²) in [6, 6.07) is 13.0. The van der Waals surface area contributed by atoms with Crippen molar-refractivity contribution in [2.45, 2.75) is 33.0 Å². The van der Waals surface area contributed by atoms with Crippen LogP contribution in [-0.2, 0) is 13.2 Å². The number of hydrogen-bond donors (Lipinski definition) is 2. The molecule has 0 radical (unpaired) electrons. The van der Waals surface area contributed by atoms with Crippen LogP contribution in [0.3, 0.4) is 0 Å². The number of rotatable bonds is 6. The highest BCUT2D eigenvalue weighted by atomic mass is 35.5. The fraction of sp³-hybridized carbons (Fsp3) is 0.294. The quantitative estimate of drug-likeness (QED) is 0.843. The minimum atomic E-state index is 0.257. The van der Waals surface area contributed by atoms with Crippen LogP contribution in [0.2, 0.25) is 5.02 Å². The molecule has 0 unspecified atom stereocenters. The third kappa shape index (κ3) is 4.96. The van der Waals surface area contributed by atoms with Gasteiger partial charge in [-0.15, -0.1) is 0 Å². The van der Waals surface area contributed by atoms with Gasteiger partial charge in [0.05, 0.1) is 0 Å². The predicted molar refractivity (Wildman–Crippen MR) is 85.9 cm³/mol. The molecule has 0 saturated heterocycles. The van der Waals surface area contributed by atoms with Crippen LogP contribution in [0.1, 0.15) is 25.0 Å². The first-order chi connectivity index (χ1) is 10.0. The molecule has 0 aliphatic carbocycles. The topological polar surface area (TPSA) is 41.5 Å². The van der Waals surface area contributed by atoms with Crippen LogP contribution in [0, 0.1) is 0 Å². The molecule has 0 aliphatic heterocycles. The Labute approximate surface area is 130 Å². The molecule has 4 heteroatoms. The molecule has 112 valence electrons. The Morgan fingerprint density at radius 1 is 1.14 bits per heavy atom. The van der Waals surface area contributed by atoms with Gasteiger partial charge < -0.3 is 15.2 Å². The van der Waals surface area contributed by atoms with Gasteiger partial charge in [-0.3, -0.25) is 0 Å². The molecule has 0 spiro atoms. The number of ether oxygens (including phenoxy) is 1. The van der Waals surface area contributed by atoms with E-state index in [1.54, 1.807) is 12.1 Å². The lowest BCUT2D eigenvalue weighted by Crippen LogP contribution is -2.22. The fourth-order valence-corrected chi connectivity index (χ4v) is 2.09. The fourth-order valence-electron chi connectivity index (χ4n) is 1.89. The highest BCUT2D eigenvalue weighted by molar-refractivity contribution is 6.30. The molecule has 0 saturated carbocycles. The molecular formula is C17H20ClNO2. The third-order valence-electron chi connectivity index (χ3n) is 3.05. The van der Waals surface area contributed by atoms with Crippen molar-refractivity contribution in [3.05, 3.63) is 58.6 Å². The van der Waals surface area contributed by atoms with Gasteiger partial charge in [-0.25, -0.2) is 0 Å². The molecule has 2 aromatic carbocycles. The highest BCUT2D eigenvalue weighted by Crippen LogP contribution is 2.24. The van der Waals surface area contributed by atoms with E-state index in [-0.39, 0.29) is 5.75 Å². The molecule has 0 fully saturated rings. The zero-order valence-corrected chi connectivity index (χ0v) is 13.0. The summed E-state index contributed by atoms with van der Waals surface area (Å²) in [6.07, 6.45) is 0. The van der Waals surface area contributed by atoms with Gasteiger partial charge in [0.2, 0.25) is 0 Å². The number of phenols is 1. The Kier molecular flexibility index (Phi) is 5.48. The van der Waals surface area contributed by atoms with Crippen LogP contribution in [0.5, 0.6) is 11.5 Å². The zero-order valence-electron chi connectivity index (χ0n) is 12.3. The van der Waals surface area contributed by atoms with Gasteiger partial charge in [-0.2, -0.15) is 0 Å². The zero-order chi connectivity index (χ0) is 15.2. The van der Waals surface area contributed by atoms with E-state index in [0.29, 0.717) is 24.2 Å². The Hall–Kier alpha value is -1.71. The molecule has 21 heavy (non-hydrogen) atoms. The minimum Gasteiger partial charge on any atom is -0.508 e. The molecule has 0 aromatic heterocycles. The van der Waals surface area contributed by atoms with Crippen LogP contribution < -0.4 is 10.1 Å². The van der Waals surface area contributed by atoms with Gasteiger partial charge in [0.15, 0.2) is 0 Å². The number of benzene rings is 2. The van der Waals surface area contributed by atoms with E-state index in [2.05, 4.69) is 19.2 Å². The van der Waals surface area contributed by atoms with Crippen molar-refractivity contribution < 1.29 is 9.84 Å². The van der Waals surface area contributed by atoms with E-state index in [4.69, 9.17) is 16.3 Å². The molecule has 0 amide bonds. The number of aromatic hydroxyl groups is 1. The van der Waals surface area contributed by atoms with Crippen molar-refractivity contribution in [1.82, 2.24) is 5.32 Å². The molecule has 0 aliphatic rings. The normalized spacial score (nSPS) is 10.9. The summed E-state index contributed by atoms with van der Waals surface area (Å²) < 4.78 is 5.87. The first-order valence-corrected chi connectivity index (χ1v) is 7.35. The van der Waals surface area contributed by atoms with Crippen LogP contribution in [0.25, 0.3) is 0 Å². The molecule has 3 nitrogen and oxygen atoms in total. The maximum atomic E-state index is 9.27. The van der Waals surface area contributed by atoms with Crippen LogP contribution >= 0.6 is 11.6 Å². The van der Waals surface area contributed by atoms with Gasteiger partial charge in [-0.05, 0) is 35.9 Å². The van der Waals surface area contributed by atoms with E-state index in [1.807, 2.05) is 30.3 Å². The van der Waals surface area contributed by atoms with Gasteiger partial charge in [0.1, 0.15) is 18.1 Å². The lowest BCUT2D eigenvalue weighted by molar-refractivity contribution is 0.301. The first kappa shape index (κ1) is 15.7. The average molecular weight is 306 g/mol. The summed E-state index contributed by atoms with van der Waals surface area (Å²) in [5, 5.41) is 13.3. The average Bonchev–Trinajstić information content (AvgIpc) is 2.45. The van der Waals surface area contributed by atoms with Crippen molar-refractivity contribution in [3.63, 3.8) is 0 Å². The van der Waals surface area contributed by atoms with Crippen LogP contribution in [0.4, 0.5) is 0 Å². The van der Waals surface area contributed by atoms with Gasteiger partial charge in [0.25, 0.3) is 0 Å². The highest BCUT2D eigenvalue weighted by Gasteiger charge is 2.06. The van der Waals surface area contributed by atoms with Crippen LogP contribution in [0.15, 0.2) is 42.5 Å². The van der Waals surface area contributed by atoms with Gasteiger partial charge in [0, 0.05) is 23.2 Å². The van der Waals surface area contributed by atoms with Crippen molar-refractivity contribution in [2.24, 2.45) is 0 Å². The second-order valence-corrected chi connectivity index (χ2v) is 5.68. The van der Waals surface area contributed by atoms with Gasteiger partial charge in [-0.1, -0.05) is 37.6 Å². The van der Waals surface area contributed by atoms with Crippen molar-refractivity contribution in [2.75, 3.05) is 0 Å². The Bertz CT molecular complexity index is 582. The number of halogens is 1. The molecule has 2 N–H and O–H groups in total. The Morgan fingerprint density at radius 2 is 1.86 bits per heavy atom. The lowest BCUT2D eigenvalue weighted by atomic mass is 10.2. The summed E-state index contributed by atoms with van der Waals surface area (Å²) in [7, 11) is 0. The van der Waals surface area contributed by atoms with Crippen LogP contribution in [-0.4, -0.2) is 11.1 Å². The number of phenolic OH excluding ortho intramolecular Hbond substituents is 1. The summed E-state index contributed by atoms with van der Waals surface area (Å²) in [4.78, 5) is 0. The largest absolute Gasteiger partial charge is 0.508 e. The maximum Gasteiger partial charge on any atom is 0.124 e. The SMILES string of the molecule is CC(C)NCc1cc(Cl)ccc1OCc1ccc(O)cc1. The predicted octanol–water partition coefficient (Wildman–Crippen LogP) is 4.12. The smallest absolute Gasteiger partial charge is 0.124 e. The lowest BCUT2D eigenvalue weighted by Gasteiger charge is -2.14. The summed E-state index contributed by atoms with van der Waals surface area (Å²) in [5.41, 5.74) is 2.04. The second kappa shape index (κ2) is 7.34. The minimum absolute atomic E-state index is 0.257. The Balaban J connectivity index is 2.06. The van der Waals surface area contributed by atoms with E-state index < -0.39 is 0 Å². The second-order valence-electron chi connectivity index (χ2n) is 5.24. The van der Waals surface area contributed by atoms with E-state index in [9.17, 15) is 5.11 Å². The number of hydrogen-bond acceptors (Lipinski definition) is 3. The Morgan fingerprint density at radius 3 is 2.52 bits per heavy atom. The molecule has 2 rings (SSSR count).